The smallest absolute Gasteiger partial charge is 0.327 e. The van der Waals surface area contributed by atoms with Gasteiger partial charge in [-0.3, -0.25) is 9.59 Å². The van der Waals surface area contributed by atoms with E-state index in [1.165, 1.54) is 6.08 Å². The third-order valence-corrected chi connectivity index (χ3v) is 4.03. The Morgan fingerprint density at radius 3 is 2.62 bits per heavy atom. The van der Waals surface area contributed by atoms with Gasteiger partial charge in [0.1, 0.15) is 0 Å². The van der Waals surface area contributed by atoms with Crippen LogP contribution >= 0.6 is 11.6 Å². The van der Waals surface area contributed by atoms with Crippen LogP contribution in [-0.2, 0) is 9.53 Å². The average Bonchev–Trinajstić information content (AvgIpc) is 2.64. The highest BCUT2D eigenvalue weighted by molar-refractivity contribution is 6.30. The molecule has 1 unspecified atom stereocenters. The van der Waals surface area contributed by atoms with Crippen LogP contribution in [0.5, 0.6) is 0 Å². The number of nitrogens with zero attached hydrogens (tertiary/aromatic N) is 2. The summed E-state index contributed by atoms with van der Waals surface area (Å²) in [6, 6.07) is 8.35. The average molecular weight is 371 g/mol. The normalized spacial score (nSPS) is 15.1. The van der Waals surface area contributed by atoms with Crippen molar-refractivity contribution in [3.63, 3.8) is 0 Å². The Balaban J connectivity index is 2.41. The van der Waals surface area contributed by atoms with E-state index >= 15 is 0 Å². The molecule has 0 amide bonds. The van der Waals surface area contributed by atoms with Crippen LogP contribution in [0.4, 0.5) is 0 Å². The maximum absolute atomic E-state index is 13.0. The first-order valence-corrected chi connectivity index (χ1v) is 8.54. The number of allylic oxidation sites excluding steroid dienone is 3. The van der Waals surface area contributed by atoms with Crippen LogP contribution in [0.25, 0.3) is 0 Å². The van der Waals surface area contributed by atoms with Crippen molar-refractivity contribution < 1.29 is 14.3 Å². The zero-order valence-electron chi connectivity index (χ0n) is 14.6. The van der Waals surface area contributed by atoms with Gasteiger partial charge in [-0.05, 0) is 50.3 Å². The lowest BCUT2D eigenvalue weighted by Crippen LogP contribution is -2.27. The van der Waals surface area contributed by atoms with Crippen LogP contribution in [0.3, 0.4) is 0 Å². The second-order valence-electron chi connectivity index (χ2n) is 5.66. The van der Waals surface area contributed by atoms with Crippen molar-refractivity contribution in [2.75, 3.05) is 13.2 Å². The minimum Gasteiger partial charge on any atom is -0.465 e. The number of hydrogen-bond donors (Lipinski definition) is 0. The highest BCUT2D eigenvalue weighted by Gasteiger charge is 2.24. The SMILES string of the molecule is CCOC(=O)C(C#N)/C=C(/C(=O)c1ccc(Cl)cc1)N1C=CC(C)=CC1. The first kappa shape index (κ1) is 19.5. The van der Waals surface area contributed by atoms with E-state index < -0.39 is 11.9 Å². The lowest BCUT2D eigenvalue weighted by molar-refractivity contribution is -0.144. The fourth-order valence-corrected chi connectivity index (χ4v) is 2.48. The Morgan fingerprint density at radius 1 is 1.38 bits per heavy atom. The number of esters is 1. The molecule has 0 aromatic heterocycles. The van der Waals surface area contributed by atoms with Gasteiger partial charge in [0.25, 0.3) is 0 Å². The van der Waals surface area contributed by atoms with Gasteiger partial charge in [-0.2, -0.15) is 5.26 Å². The van der Waals surface area contributed by atoms with Crippen LogP contribution in [0, 0.1) is 17.2 Å². The van der Waals surface area contributed by atoms with Crippen molar-refractivity contribution in [3.8, 4) is 6.07 Å². The maximum Gasteiger partial charge on any atom is 0.327 e. The molecule has 6 heteroatoms. The van der Waals surface area contributed by atoms with Crippen LogP contribution < -0.4 is 0 Å². The molecule has 0 fully saturated rings. The van der Waals surface area contributed by atoms with E-state index in [9.17, 15) is 14.9 Å². The zero-order valence-corrected chi connectivity index (χ0v) is 15.4. The molecule has 0 radical (unpaired) electrons. The summed E-state index contributed by atoms with van der Waals surface area (Å²) in [7, 11) is 0. The van der Waals surface area contributed by atoms with Gasteiger partial charge < -0.3 is 9.64 Å². The molecule has 0 aliphatic carbocycles. The van der Waals surface area contributed by atoms with Crippen molar-refractivity contribution in [2.45, 2.75) is 13.8 Å². The molecule has 26 heavy (non-hydrogen) atoms. The molecule has 5 nitrogen and oxygen atoms in total. The fraction of sp³-hybridized carbons (Fsp3) is 0.250. The number of nitriles is 1. The van der Waals surface area contributed by atoms with Gasteiger partial charge in [0, 0.05) is 23.3 Å². The summed E-state index contributed by atoms with van der Waals surface area (Å²) in [5.74, 6) is -2.14. The molecule has 1 heterocycles. The number of ether oxygens (including phenoxy) is 1. The van der Waals surface area contributed by atoms with Crippen LogP contribution in [0.1, 0.15) is 24.2 Å². The number of halogens is 1. The molecule has 1 aromatic carbocycles. The van der Waals surface area contributed by atoms with Gasteiger partial charge in [0.05, 0.1) is 18.4 Å². The first-order chi connectivity index (χ1) is 12.5. The van der Waals surface area contributed by atoms with Gasteiger partial charge in [0.2, 0.25) is 5.78 Å². The monoisotopic (exact) mass is 370 g/mol. The van der Waals surface area contributed by atoms with Crippen molar-refractivity contribution in [3.05, 3.63) is 70.5 Å². The largest absolute Gasteiger partial charge is 0.465 e. The number of ketones is 1. The van der Waals surface area contributed by atoms with Crippen molar-refractivity contribution in [2.24, 2.45) is 5.92 Å². The maximum atomic E-state index is 13.0. The second kappa shape index (κ2) is 9.02. The summed E-state index contributed by atoms with van der Waals surface area (Å²) in [5, 5.41) is 9.85. The van der Waals surface area contributed by atoms with E-state index in [0.29, 0.717) is 17.1 Å². The molecule has 0 N–H and O–H groups in total. The van der Waals surface area contributed by atoms with Gasteiger partial charge >= 0.3 is 5.97 Å². The van der Waals surface area contributed by atoms with Crippen molar-refractivity contribution in [1.29, 1.82) is 5.26 Å². The molecule has 1 aliphatic heterocycles. The molecular weight excluding hydrogens is 352 g/mol. The molecule has 2 rings (SSSR count). The molecule has 0 bridgehead atoms. The van der Waals surface area contributed by atoms with Crippen LogP contribution in [0.15, 0.2) is 60.0 Å². The number of carbonyl (C=O) groups is 2. The van der Waals surface area contributed by atoms with E-state index in [4.69, 9.17) is 16.3 Å². The van der Waals surface area contributed by atoms with Crippen LogP contribution in [0.2, 0.25) is 5.02 Å². The Morgan fingerprint density at radius 2 is 2.08 bits per heavy atom. The summed E-state index contributed by atoms with van der Waals surface area (Å²) in [5.41, 5.74) is 1.73. The first-order valence-electron chi connectivity index (χ1n) is 8.16. The van der Waals surface area contributed by atoms with Crippen LogP contribution in [-0.4, -0.2) is 29.8 Å². The number of Topliss-reactive ketones (excluding diaryl/α,β-unsaturated/α-hetero) is 1. The zero-order chi connectivity index (χ0) is 19.1. The quantitative estimate of drug-likeness (QED) is 0.431. The standard InChI is InChI=1S/C20H19ClN2O3/c1-3-26-20(25)16(13-22)12-18(23-10-8-14(2)9-11-23)19(24)15-4-6-17(21)7-5-15/h4-10,12,16H,3,11H2,1-2H3/b18-12-. The van der Waals surface area contributed by atoms with E-state index in [2.05, 4.69) is 0 Å². The van der Waals surface area contributed by atoms with E-state index in [1.807, 2.05) is 25.1 Å². The van der Waals surface area contributed by atoms with Gasteiger partial charge in [-0.1, -0.05) is 23.3 Å². The Labute approximate surface area is 157 Å². The predicted molar refractivity (Wildman–Crippen MR) is 99.2 cm³/mol. The molecule has 1 aliphatic rings. The van der Waals surface area contributed by atoms with E-state index in [-0.39, 0.29) is 18.1 Å². The second-order valence-corrected chi connectivity index (χ2v) is 6.10. The number of benzene rings is 1. The van der Waals surface area contributed by atoms with Gasteiger partial charge in [-0.25, -0.2) is 0 Å². The number of carbonyl (C=O) groups excluding carboxylic acids is 2. The molecular formula is C20H19ClN2O3. The summed E-state index contributed by atoms with van der Waals surface area (Å²) < 4.78 is 4.92. The highest BCUT2D eigenvalue weighted by atomic mass is 35.5. The van der Waals surface area contributed by atoms with Gasteiger partial charge in [-0.15, -0.1) is 0 Å². The molecule has 1 atom stereocenters. The lowest BCUT2D eigenvalue weighted by Gasteiger charge is -2.25. The molecule has 0 spiro atoms. The molecule has 1 aromatic rings. The van der Waals surface area contributed by atoms with Gasteiger partial charge in [0.15, 0.2) is 5.92 Å². The van der Waals surface area contributed by atoms with Crippen molar-refractivity contribution in [1.82, 2.24) is 4.90 Å². The third kappa shape index (κ3) is 4.84. The Hall–Kier alpha value is -2.84. The predicted octanol–water partition coefficient (Wildman–Crippen LogP) is 3.89. The third-order valence-electron chi connectivity index (χ3n) is 3.78. The Kier molecular flexibility index (Phi) is 6.76. The van der Waals surface area contributed by atoms with Crippen molar-refractivity contribution >= 4 is 23.4 Å². The summed E-state index contributed by atoms with van der Waals surface area (Å²) >= 11 is 5.88. The summed E-state index contributed by atoms with van der Waals surface area (Å²) in [6.07, 6.45) is 6.93. The fourth-order valence-electron chi connectivity index (χ4n) is 2.36. The minimum absolute atomic E-state index is 0.164. The minimum atomic E-state index is -1.17. The topological polar surface area (TPSA) is 70.4 Å². The van der Waals surface area contributed by atoms with E-state index in [1.54, 1.807) is 42.3 Å². The Bertz CT molecular complexity index is 816. The lowest BCUT2D eigenvalue weighted by atomic mass is 10.0. The molecule has 134 valence electrons. The van der Waals surface area contributed by atoms with E-state index in [0.717, 1.165) is 5.57 Å². The number of rotatable bonds is 6. The number of hydrogen-bond acceptors (Lipinski definition) is 5. The summed E-state index contributed by atoms with van der Waals surface area (Å²) in [6.45, 7) is 4.25. The highest BCUT2D eigenvalue weighted by Crippen LogP contribution is 2.21. The molecule has 0 saturated heterocycles. The molecule has 0 saturated carbocycles. The summed E-state index contributed by atoms with van der Waals surface area (Å²) in [4.78, 5) is 26.7.